The van der Waals surface area contributed by atoms with Crippen LogP contribution in [0.2, 0.25) is 5.02 Å². The van der Waals surface area contributed by atoms with Gasteiger partial charge in [-0.2, -0.15) is 0 Å². The number of pyridine rings is 1. The van der Waals surface area contributed by atoms with Crippen LogP contribution in [0, 0.1) is 11.8 Å². The van der Waals surface area contributed by atoms with Gasteiger partial charge in [0, 0.05) is 51.0 Å². The number of rotatable bonds is 22. The van der Waals surface area contributed by atoms with E-state index in [0.717, 1.165) is 11.1 Å². The Morgan fingerprint density at radius 2 is 1.79 bits per heavy atom. The molecule has 25 heteroatoms. The van der Waals surface area contributed by atoms with Gasteiger partial charge in [0.2, 0.25) is 23.6 Å². The Morgan fingerprint density at radius 3 is 2.47 bits per heavy atom. The van der Waals surface area contributed by atoms with E-state index < -0.39 is 102 Å². The van der Waals surface area contributed by atoms with Crippen molar-refractivity contribution >= 4 is 97.3 Å². The summed E-state index contributed by atoms with van der Waals surface area (Å²) >= 11 is 10.2. The molecule has 1 aromatic heterocycles. The number of hydrogen-bond acceptors (Lipinski definition) is 15. The second kappa shape index (κ2) is 29.4. The maximum Gasteiger partial charge on any atom is 0.412 e. The number of epoxide rings is 1. The third kappa shape index (κ3) is 17.8. The number of urea groups is 1. The van der Waals surface area contributed by atoms with E-state index in [0.29, 0.717) is 53.6 Å². The van der Waals surface area contributed by atoms with E-state index in [9.17, 15) is 38.7 Å². The molecule has 0 aliphatic carbocycles. The third-order valence-electron chi connectivity index (χ3n) is 15.3. The second-order valence-corrected chi connectivity index (χ2v) is 23.8. The Balaban J connectivity index is 1.23. The molecule has 0 spiro atoms. The summed E-state index contributed by atoms with van der Waals surface area (Å²) in [6, 6.07) is 6.90. The van der Waals surface area contributed by atoms with Crippen LogP contribution in [-0.2, 0) is 49.3 Å². The predicted molar refractivity (Wildman–Crippen MR) is 325 cm³/mol. The van der Waals surface area contributed by atoms with Crippen LogP contribution in [0.1, 0.15) is 105 Å². The van der Waals surface area contributed by atoms with E-state index in [1.165, 1.54) is 37.4 Å². The Labute approximate surface area is 509 Å². The minimum Gasteiger partial charge on any atom is -0.495 e. The highest BCUT2D eigenvalue weighted by molar-refractivity contribution is 9.09. The first kappa shape index (κ1) is 67.1. The number of methoxy groups -OCH3 is 2. The number of carbonyl (C=O) groups is 7. The lowest BCUT2D eigenvalue weighted by Gasteiger charge is -2.42. The summed E-state index contributed by atoms with van der Waals surface area (Å²) in [5.41, 5.74) is 4.18. The Morgan fingerprint density at radius 1 is 1.06 bits per heavy atom. The molecule has 3 aromatic rings. The number of nitrogens with zero attached hydrogens (tertiary/aromatic N) is 2. The van der Waals surface area contributed by atoms with Crippen molar-refractivity contribution in [3.63, 3.8) is 0 Å². The molecular weight excluding hydrogens is 1190 g/mol. The highest BCUT2D eigenvalue weighted by Gasteiger charge is 2.64. The number of allylic oxidation sites excluding steroid dienone is 4. The maximum absolute atomic E-state index is 14.6. The number of unbranched alkanes of at least 4 members (excludes halogenated alkanes) is 1. The first-order valence-electron chi connectivity index (χ1n) is 28.2. The van der Waals surface area contributed by atoms with Gasteiger partial charge in [-0.05, 0) is 114 Å². The fourth-order valence-electron chi connectivity index (χ4n) is 10.6. The molecule has 3 aliphatic rings. The first-order valence-corrected chi connectivity index (χ1v) is 29.7. The predicted octanol–water partition coefficient (Wildman–Crippen LogP) is 8.20. The van der Waals surface area contributed by atoms with Crippen LogP contribution in [0.3, 0.4) is 0 Å². The molecule has 4 heterocycles. The van der Waals surface area contributed by atoms with E-state index in [-0.39, 0.29) is 66.0 Å². The van der Waals surface area contributed by atoms with Crippen molar-refractivity contribution in [2.75, 3.05) is 48.7 Å². The van der Waals surface area contributed by atoms with Crippen molar-refractivity contribution < 1.29 is 67.1 Å². The number of carbonyl (C=O) groups excluding carboxylic acids is 7. The van der Waals surface area contributed by atoms with E-state index in [4.69, 9.17) is 45.8 Å². The molecule has 0 saturated carbocycles. The van der Waals surface area contributed by atoms with Gasteiger partial charge in [0.15, 0.2) is 5.72 Å². The molecule has 9 N–H and O–H groups in total. The summed E-state index contributed by atoms with van der Waals surface area (Å²) < 4.78 is 35.5. The van der Waals surface area contributed by atoms with Gasteiger partial charge in [-0.3, -0.25) is 34.8 Å². The van der Waals surface area contributed by atoms with Gasteiger partial charge in [0.25, 0.3) is 0 Å². The second-order valence-electron chi connectivity index (χ2n) is 22.9. The summed E-state index contributed by atoms with van der Waals surface area (Å²) in [4.78, 5) is 101. The lowest BCUT2D eigenvalue weighted by molar-refractivity contribution is -0.142. The molecule has 2 fully saturated rings. The van der Waals surface area contributed by atoms with Gasteiger partial charge in [-0.1, -0.05) is 78.7 Å². The number of ether oxygens (including phenoxy) is 6. The molecule has 0 radical (unpaired) electrons. The Hall–Kier alpha value is -6.99. The molecule has 23 nitrogen and oxygen atoms in total. The molecule has 8 amide bonds. The highest BCUT2D eigenvalue weighted by Crippen LogP contribution is 2.49. The number of alkyl carbamates (subject to hydrolysis) is 1. The highest BCUT2D eigenvalue weighted by atomic mass is 79.9. The third-order valence-corrected chi connectivity index (χ3v) is 16.3. The fourth-order valence-corrected chi connectivity index (χ4v) is 11.0. The van der Waals surface area contributed by atoms with Crippen LogP contribution in [0.15, 0.2) is 78.7 Å². The molecule has 4 bridgehead atoms. The lowest BCUT2D eigenvalue weighted by atomic mass is 9.83. The average Bonchev–Trinajstić information content (AvgIpc) is 1.94. The molecule has 9 atom stereocenters. The lowest BCUT2D eigenvalue weighted by Crippen LogP contribution is -2.63. The molecule has 2 aromatic carbocycles. The topological polar surface area (TPSA) is 313 Å². The molecule has 6 rings (SSSR count). The summed E-state index contributed by atoms with van der Waals surface area (Å²) in [5.74, 6) is -2.16. The molecular formula is C60H81BrClN9O14. The van der Waals surface area contributed by atoms with Gasteiger partial charge in [-0.15, -0.1) is 0 Å². The van der Waals surface area contributed by atoms with Gasteiger partial charge < -0.3 is 65.4 Å². The smallest absolute Gasteiger partial charge is 0.412 e. The number of alkyl halides is 1. The number of fused-ring (bicyclic) bond motifs is 6. The number of nitrogens with one attached hydrogen (secondary N) is 6. The number of anilines is 3. The number of hydrogen-bond donors (Lipinski definition) is 8. The molecule has 0 unspecified atom stereocenters. The standard InChI is InChI=1S/C60H81BrClN9O14/c1-33(2)50(69-47(72)21-12-13-24-58(6,7)84-35(4)32-61)54(75)67-41(19-16-26-65-55(63)76)53(74)66-40-23-22-39(38-18-15-25-64-51(38)40)68-56(77)83-46-30-48(73)71(9)42-28-37(29-43(80-10)49(42)62)27-34(3)17-14-20-45(81-11)60(79)31-44(82-57(78)70-60)36(5)52-59(46,8)85-52/h14-15,17-18,20,22-23,25,28-29,33,36,41,44-46,50,52,79H,4,12-13,16,19,21,24,26-27,30-32H2,1-3,5-11H3,(H,66,74)(H,67,75)(H,68,77)(H,69,72)(H,70,78)(H3,63,65,76)/b20-14+,34-17+/t36-,41+,44+,45-,46+,50+,52+,59+,60+/m1/s1. The molecule has 85 heavy (non-hydrogen) atoms. The zero-order valence-corrected chi connectivity index (χ0v) is 52.2. The first-order chi connectivity index (χ1) is 40.1. The Bertz CT molecular complexity index is 3030. The van der Waals surface area contributed by atoms with Crippen LogP contribution in [0.25, 0.3) is 10.9 Å². The summed E-state index contributed by atoms with van der Waals surface area (Å²) in [6.45, 7) is 16.8. The average molecular weight is 1270 g/mol. The normalized spacial score (nSPS) is 24.2. The number of primary amides is 1. The molecule has 3 aliphatic heterocycles. The van der Waals surface area contributed by atoms with Crippen molar-refractivity contribution in [2.45, 2.75) is 160 Å². The van der Waals surface area contributed by atoms with Gasteiger partial charge in [0.05, 0.1) is 47.5 Å². The number of aliphatic hydroxyl groups is 1. The van der Waals surface area contributed by atoms with Crippen molar-refractivity contribution in [3.05, 3.63) is 89.3 Å². The van der Waals surface area contributed by atoms with E-state index >= 15 is 0 Å². The van der Waals surface area contributed by atoms with Crippen LogP contribution < -0.4 is 47.3 Å². The van der Waals surface area contributed by atoms with E-state index in [1.54, 1.807) is 71.2 Å². The summed E-state index contributed by atoms with van der Waals surface area (Å²) in [5, 5.41) is 29.3. The van der Waals surface area contributed by atoms with E-state index in [1.807, 2.05) is 26.8 Å². The van der Waals surface area contributed by atoms with Crippen molar-refractivity contribution in [1.29, 1.82) is 0 Å². The fraction of sp³-hybridized carbons (Fsp3) is 0.533. The zero-order valence-electron chi connectivity index (χ0n) is 49.9. The van der Waals surface area contributed by atoms with Gasteiger partial charge in [0.1, 0.15) is 58.1 Å². The number of aromatic nitrogens is 1. The van der Waals surface area contributed by atoms with E-state index in [2.05, 4.69) is 59.4 Å². The quantitative estimate of drug-likeness (QED) is 0.0203. The van der Waals surface area contributed by atoms with Crippen LogP contribution in [-0.4, -0.2) is 139 Å². The number of benzene rings is 2. The van der Waals surface area contributed by atoms with Crippen molar-refractivity contribution in [1.82, 2.24) is 26.3 Å². The minimum absolute atomic E-state index is 0.0521. The van der Waals surface area contributed by atoms with Crippen LogP contribution in [0.5, 0.6) is 5.75 Å². The molecule has 2 saturated heterocycles. The van der Waals surface area contributed by atoms with Gasteiger partial charge in [-0.25, -0.2) is 14.4 Å². The molecule has 464 valence electrons. The van der Waals surface area contributed by atoms with Crippen molar-refractivity contribution in [2.24, 2.45) is 17.6 Å². The summed E-state index contributed by atoms with van der Waals surface area (Å²) in [6.07, 6.45) is 2.98. The van der Waals surface area contributed by atoms with Crippen LogP contribution >= 0.6 is 27.5 Å². The van der Waals surface area contributed by atoms with Crippen molar-refractivity contribution in [3.8, 4) is 5.75 Å². The van der Waals surface area contributed by atoms with Gasteiger partial charge >= 0.3 is 18.2 Å². The largest absolute Gasteiger partial charge is 0.495 e. The van der Waals surface area contributed by atoms with Crippen LogP contribution in [0.4, 0.5) is 31.4 Å². The number of nitrogens with two attached hydrogens (primary N) is 1. The SMILES string of the molecule is C=C(CBr)OC(C)(C)CCCCC(=O)N[C@H](C(=O)N[C@@H](CCCNC(N)=O)C(=O)Nc1ccc(NC(=O)O[C@H]2CC(=O)N(C)c3cc(cc(OC)c3Cl)C/C(C)=C/C=C/[C@@H](OC)[C@@]3(O)C[C@H](OC(=O)N3)[C@@H](C)[C@@H]3O[C@@]23C)c2cccnc12)C(C)C. The monoisotopic (exact) mass is 1270 g/mol. The zero-order chi connectivity index (χ0) is 62.6. The minimum atomic E-state index is -1.91. The number of amides is 8. The summed E-state index contributed by atoms with van der Waals surface area (Å²) in [7, 11) is 4.42. The Kier molecular flexibility index (Phi) is 23.2. The number of halogens is 2. The maximum atomic E-state index is 14.6.